The normalized spacial score (nSPS) is 12.9. The van der Waals surface area contributed by atoms with Crippen molar-refractivity contribution in [1.29, 1.82) is 0 Å². The highest BCUT2D eigenvalue weighted by Gasteiger charge is 2.39. The van der Waals surface area contributed by atoms with Crippen LogP contribution in [0.25, 0.3) is 0 Å². The van der Waals surface area contributed by atoms with Crippen LogP contribution in [0.15, 0.2) is 36.4 Å². The summed E-state index contributed by atoms with van der Waals surface area (Å²) in [5.74, 6) is -4.55. The van der Waals surface area contributed by atoms with Crippen LogP contribution < -0.4 is 4.74 Å². The van der Waals surface area contributed by atoms with E-state index in [1.807, 2.05) is 0 Å². The summed E-state index contributed by atoms with van der Waals surface area (Å²) < 4.78 is 53.1. The van der Waals surface area contributed by atoms with Gasteiger partial charge < -0.3 is 14.2 Å². The lowest BCUT2D eigenvalue weighted by Gasteiger charge is -2.23. The Bertz CT molecular complexity index is 622. The van der Waals surface area contributed by atoms with E-state index in [1.165, 1.54) is 33.1 Å². The van der Waals surface area contributed by atoms with Crippen LogP contribution in [-0.4, -0.2) is 38.4 Å². The molecule has 8 heteroatoms. The Kier molecular flexibility index (Phi) is 8.15. The number of carbonyl (C=O) groups excluding carboxylic acids is 2. The Morgan fingerprint density at radius 3 is 2.08 bits per heavy atom. The fourth-order valence-electron chi connectivity index (χ4n) is 2.40. The fourth-order valence-corrected chi connectivity index (χ4v) is 2.40. The molecule has 0 aliphatic heterocycles. The molecule has 0 aliphatic carbocycles. The monoisotopic (exact) mass is 374 g/mol. The highest BCUT2D eigenvalue weighted by Crippen LogP contribution is 2.36. The van der Waals surface area contributed by atoms with Gasteiger partial charge in [0.05, 0.1) is 20.3 Å². The van der Waals surface area contributed by atoms with Crippen molar-refractivity contribution < 1.29 is 37.0 Å². The van der Waals surface area contributed by atoms with Gasteiger partial charge in [0.2, 0.25) is 0 Å². The zero-order valence-corrected chi connectivity index (χ0v) is 14.7. The van der Waals surface area contributed by atoms with Gasteiger partial charge in [0, 0.05) is 17.6 Å². The molecule has 0 bridgehead atoms. The number of alkyl halides is 3. The number of para-hydroxylation sites is 1. The fraction of sp³-hybridized carbons (Fsp3) is 0.444. The molecule has 0 saturated heterocycles. The van der Waals surface area contributed by atoms with Crippen LogP contribution in [-0.2, 0) is 19.1 Å². The van der Waals surface area contributed by atoms with Crippen molar-refractivity contribution >= 4 is 11.9 Å². The molecule has 0 radical (unpaired) electrons. The zero-order valence-electron chi connectivity index (χ0n) is 14.7. The molecule has 1 unspecified atom stereocenters. The quantitative estimate of drug-likeness (QED) is 0.395. The number of esters is 2. The number of ether oxygens (including phenoxy) is 3. The van der Waals surface area contributed by atoms with Crippen molar-refractivity contribution in [3.63, 3.8) is 0 Å². The van der Waals surface area contributed by atoms with Crippen molar-refractivity contribution in [2.24, 2.45) is 5.92 Å². The van der Waals surface area contributed by atoms with Crippen molar-refractivity contribution in [2.75, 3.05) is 20.3 Å². The van der Waals surface area contributed by atoms with Gasteiger partial charge in [-0.05, 0) is 19.9 Å². The molecule has 1 atom stereocenters. The Hall–Kier alpha value is -2.51. The number of rotatable bonds is 8. The summed E-state index contributed by atoms with van der Waals surface area (Å²) in [5.41, 5.74) is 0.238. The van der Waals surface area contributed by atoms with E-state index >= 15 is 0 Å². The first-order valence-electron chi connectivity index (χ1n) is 7.97. The third-order valence-electron chi connectivity index (χ3n) is 3.43. The lowest BCUT2D eigenvalue weighted by molar-refractivity contribution is -0.162. The maximum Gasteiger partial charge on any atom is 0.409 e. The van der Waals surface area contributed by atoms with E-state index in [2.05, 4.69) is 0 Å². The Labute approximate surface area is 149 Å². The second-order valence-electron chi connectivity index (χ2n) is 5.15. The maximum absolute atomic E-state index is 12.7. The SMILES string of the molecule is CCOC(=O)C(C(=O)OCC)C(/C=C/C(F)(F)F)c1ccccc1OC. The van der Waals surface area contributed by atoms with E-state index in [9.17, 15) is 22.8 Å². The summed E-state index contributed by atoms with van der Waals surface area (Å²) in [6, 6.07) is 6.20. The molecule has 0 heterocycles. The van der Waals surface area contributed by atoms with Gasteiger partial charge in [-0.25, -0.2) is 0 Å². The van der Waals surface area contributed by atoms with Gasteiger partial charge in [-0.3, -0.25) is 9.59 Å². The van der Waals surface area contributed by atoms with Crippen LogP contribution in [0.5, 0.6) is 5.75 Å². The molecule has 1 rings (SSSR count). The van der Waals surface area contributed by atoms with E-state index in [4.69, 9.17) is 14.2 Å². The molecule has 144 valence electrons. The van der Waals surface area contributed by atoms with Crippen molar-refractivity contribution in [2.45, 2.75) is 25.9 Å². The molecule has 26 heavy (non-hydrogen) atoms. The van der Waals surface area contributed by atoms with E-state index in [1.54, 1.807) is 12.1 Å². The third kappa shape index (κ3) is 6.09. The average Bonchev–Trinajstić information content (AvgIpc) is 2.58. The Morgan fingerprint density at radius 1 is 1.08 bits per heavy atom. The highest BCUT2D eigenvalue weighted by atomic mass is 19.4. The molecule has 5 nitrogen and oxygen atoms in total. The van der Waals surface area contributed by atoms with Gasteiger partial charge in [0.1, 0.15) is 5.75 Å². The second kappa shape index (κ2) is 9.84. The second-order valence-corrected chi connectivity index (χ2v) is 5.15. The van der Waals surface area contributed by atoms with Crippen LogP contribution in [0.1, 0.15) is 25.3 Å². The molecule has 0 N–H and O–H groups in total. The Morgan fingerprint density at radius 2 is 1.62 bits per heavy atom. The van der Waals surface area contributed by atoms with Crippen LogP contribution in [0.2, 0.25) is 0 Å². The molecule has 1 aromatic carbocycles. The van der Waals surface area contributed by atoms with Crippen molar-refractivity contribution in [1.82, 2.24) is 0 Å². The smallest absolute Gasteiger partial charge is 0.409 e. The van der Waals surface area contributed by atoms with E-state index in [0.717, 1.165) is 6.08 Å². The first-order chi connectivity index (χ1) is 12.2. The Balaban J connectivity index is 3.48. The van der Waals surface area contributed by atoms with Crippen molar-refractivity contribution in [3.8, 4) is 5.75 Å². The average molecular weight is 374 g/mol. The summed E-state index contributed by atoms with van der Waals surface area (Å²) in [7, 11) is 1.34. The van der Waals surface area contributed by atoms with E-state index in [-0.39, 0.29) is 30.6 Å². The number of hydrogen-bond donors (Lipinski definition) is 0. The van der Waals surface area contributed by atoms with Gasteiger partial charge in [-0.1, -0.05) is 24.3 Å². The molecule has 1 aromatic rings. The lowest BCUT2D eigenvalue weighted by Crippen LogP contribution is -2.33. The summed E-state index contributed by atoms with van der Waals surface area (Å²) >= 11 is 0. The standard InChI is InChI=1S/C18H21F3O5/c1-4-25-16(22)15(17(23)26-5-2)13(10-11-18(19,20)21)12-8-6-7-9-14(12)24-3/h6-11,13,15H,4-5H2,1-3H3/b11-10+. The lowest BCUT2D eigenvalue weighted by atomic mass is 9.84. The summed E-state index contributed by atoms with van der Waals surface area (Å²) in [5, 5.41) is 0. The molecule has 0 spiro atoms. The van der Waals surface area contributed by atoms with Gasteiger partial charge in [0.15, 0.2) is 5.92 Å². The summed E-state index contributed by atoms with van der Waals surface area (Å²) in [6.07, 6.45) is -3.89. The van der Waals surface area contributed by atoms with Crippen LogP contribution in [0, 0.1) is 5.92 Å². The van der Waals surface area contributed by atoms with Gasteiger partial charge in [-0.15, -0.1) is 0 Å². The predicted octanol–water partition coefficient (Wildman–Crippen LogP) is 3.64. The number of hydrogen-bond acceptors (Lipinski definition) is 5. The highest BCUT2D eigenvalue weighted by molar-refractivity contribution is 5.96. The maximum atomic E-state index is 12.7. The van der Waals surface area contributed by atoms with Gasteiger partial charge >= 0.3 is 18.1 Å². The zero-order chi connectivity index (χ0) is 19.7. The van der Waals surface area contributed by atoms with Crippen LogP contribution in [0.3, 0.4) is 0 Å². The molecule has 0 aliphatic rings. The summed E-state index contributed by atoms with van der Waals surface area (Å²) in [4.78, 5) is 24.6. The van der Waals surface area contributed by atoms with Crippen LogP contribution >= 0.6 is 0 Å². The number of halogens is 3. The van der Waals surface area contributed by atoms with E-state index in [0.29, 0.717) is 0 Å². The molecule has 0 fully saturated rings. The number of carbonyl (C=O) groups is 2. The molecular weight excluding hydrogens is 353 g/mol. The first-order valence-corrected chi connectivity index (χ1v) is 7.97. The summed E-state index contributed by atoms with van der Waals surface area (Å²) in [6.45, 7) is 3.00. The minimum Gasteiger partial charge on any atom is -0.496 e. The van der Waals surface area contributed by atoms with Crippen LogP contribution in [0.4, 0.5) is 13.2 Å². The number of benzene rings is 1. The molecule has 0 amide bonds. The molecule has 0 saturated carbocycles. The minimum absolute atomic E-state index is 0.0183. The largest absolute Gasteiger partial charge is 0.496 e. The molecule has 0 aromatic heterocycles. The first kappa shape index (κ1) is 21.5. The number of methoxy groups -OCH3 is 1. The van der Waals surface area contributed by atoms with Gasteiger partial charge in [-0.2, -0.15) is 13.2 Å². The van der Waals surface area contributed by atoms with Crippen molar-refractivity contribution in [3.05, 3.63) is 42.0 Å². The predicted molar refractivity (Wildman–Crippen MR) is 87.7 cm³/mol. The number of allylic oxidation sites excluding steroid dienone is 2. The third-order valence-corrected chi connectivity index (χ3v) is 3.43. The minimum atomic E-state index is -4.62. The molecular formula is C18H21F3O5. The van der Waals surface area contributed by atoms with E-state index < -0.39 is 30.0 Å². The topological polar surface area (TPSA) is 61.8 Å². The van der Waals surface area contributed by atoms with Gasteiger partial charge in [0.25, 0.3) is 0 Å².